The van der Waals surface area contributed by atoms with E-state index in [1.807, 2.05) is 42.6 Å². The number of pyridine rings is 1. The van der Waals surface area contributed by atoms with E-state index >= 15 is 0 Å². The van der Waals surface area contributed by atoms with Crippen molar-refractivity contribution < 1.29 is 5.11 Å². The maximum absolute atomic E-state index is 10.1. The number of benzene rings is 1. The van der Waals surface area contributed by atoms with Gasteiger partial charge >= 0.3 is 0 Å². The first-order valence-electron chi connectivity index (χ1n) is 8.81. The van der Waals surface area contributed by atoms with Gasteiger partial charge in [0.2, 0.25) is 0 Å². The van der Waals surface area contributed by atoms with Crippen LogP contribution in [0.2, 0.25) is 0 Å². The highest BCUT2D eigenvalue weighted by Gasteiger charge is 2.31. The molecule has 3 heterocycles. The molecule has 1 fully saturated rings. The molecule has 0 bridgehead atoms. The molecule has 2 aromatic heterocycles. The van der Waals surface area contributed by atoms with Crippen molar-refractivity contribution in [1.29, 1.82) is 5.26 Å². The molecule has 0 amide bonds. The number of nitriles is 1. The Bertz CT molecular complexity index is 930. The lowest BCUT2D eigenvalue weighted by molar-refractivity contribution is 0.173. The summed E-state index contributed by atoms with van der Waals surface area (Å²) in [5.41, 5.74) is 2.49. The van der Waals surface area contributed by atoms with E-state index in [2.05, 4.69) is 33.4 Å². The number of hydrogen-bond donors (Lipinski definition) is 2. The molecule has 2 atom stereocenters. The van der Waals surface area contributed by atoms with Crippen LogP contribution >= 0.6 is 0 Å². The molecule has 0 radical (unpaired) electrons. The molecule has 132 valence electrons. The smallest absolute Gasteiger partial charge is 0.168 e. The fraction of sp³-hybridized carbons (Fsp3) is 0.300. The van der Waals surface area contributed by atoms with Crippen molar-refractivity contribution >= 4 is 11.5 Å². The van der Waals surface area contributed by atoms with Gasteiger partial charge in [-0.15, -0.1) is 0 Å². The van der Waals surface area contributed by atoms with E-state index in [9.17, 15) is 10.4 Å². The average Bonchev–Trinajstić information content (AvgIpc) is 3.20. The third kappa shape index (κ3) is 3.27. The number of nitrogens with one attached hydrogen (secondary N) is 1. The van der Waals surface area contributed by atoms with Crippen molar-refractivity contribution in [3.8, 4) is 6.07 Å². The molecule has 4 rings (SSSR count). The van der Waals surface area contributed by atoms with Gasteiger partial charge in [-0.3, -0.25) is 9.30 Å². The van der Waals surface area contributed by atoms with Crippen LogP contribution in [0.1, 0.15) is 17.7 Å². The minimum Gasteiger partial charge on any atom is -0.392 e. The Morgan fingerprint density at radius 3 is 2.81 bits per heavy atom. The molecular weight excluding hydrogens is 326 g/mol. The van der Waals surface area contributed by atoms with E-state index in [-0.39, 0.29) is 12.1 Å². The van der Waals surface area contributed by atoms with E-state index in [0.29, 0.717) is 24.6 Å². The molecule has 26 heavy (non-hydrogen) atoms. The van der Waals surface area contributed by atoms with Gasteiger partial charge in [-0.1, -0.05) is 36.4 Å². The van der Waals surface area contributed by atoms with E-state index in [0.717, 1.165) is 18.6 Å². The predicted octanol–water partition coefficient (Wildman–Crippen LogP) is 2.25. The fourth-order valence-electron chi connectivity index (χ4n) is 3.62. The predicted molar refractivity (Wildman–Crippen MR) is 99.7 cm³/mol. The second kappa shape index (κ2) is 7.16. The molecule has 1 saturated heterocycles. The maximum atomic E-state index is 10.1. The second-order valence-corrected chi connectivity index (χ2v) is 6.69. The summed E-state index contributed by atoms with van der Waals surface area (Å²) in [6.07, 6.45) is 2.24. The summed E-state index contributed by atoms with van der Waals surface area (Å²) in [6, 6.07) is 18.4. The Balaban J connectivity index is 1.49. The van der Waals surface area contributed by atoms with E-state index in [4.69, 9.17) is 0 Å². The molecule has 0 aliphatic carbocycles. The van der Waals surface area contributed by atoms with E-state index in [1.54, 1.807) is 4.40 Å². The summed E-state index contributed by atoms with van der Waals surface area (Å²) in [6.45, 7) is 2.11. The number of aliphatic hydroxyl groups is 1. The van der Waals surface area contributed by atoms with Gasteiger partial charge in [0.15, 0.2) is 11.5 Å². The Morgan fingerprint density at radius 1 is 1.19 bits per heavy atom. The van der Waals surface area contributed by atoms with Gasteiger partial charge in [-0.05, 0) is 24.1 Å². The molecule has 3 aromatic rings. The Kier molecular flexibility index (Phi) is 4.57. The van der Waals surface area contributed by atoms with Crippen LogP contribution in [0.25, 0.3) is 5.65 Å². The first kappa shape index (κ1) is 16.6. The third-order valence-corrected chi connectivity index (χ3v) is 4.88. The van der Waals surface area contributed by atoms with Crippen LogP contribution < -0.4 is 5.32 Å². The number of imidazole rings is 1. The van der Waals surface area contributed by atoms with Crippen LogP contribution in [0.15, 0.2) is 54.7 Å². The summed E-state index contributed by atoms with van der Waals surface area (Å²) in [7, 11) is 0. The van der Waals surface area contributed by atoms with Crippen molar-refractivity contribution in [2.45, 2.75) is 25.1 Å². The molecule has 0 spiro atoms. The number of nitrogens with zero attached hydrogens (tertiary/aromatic N) is 4. The van der Waals surface area contributed by atoms with Crippen LogP contribution in [0, 0.1) is 11.3 Å². The van der Waals surface area contributed by atoms with Crippen molar-refractivity contribution in [3.63, 3.8) is 0 Å². The van der Waals surface area contributed by atoms with Gasteiger partial charge in [-0.2, -0.15) is 5.26 Å². The second-order valence-electron chi connectivity index (χ2n) is 6.69. The molecule has 0 unspecified atom stereocenters. The minimum absolute atomic E-state index is 0.196. The Labute approximate surface area is 152 Å². The molecule has 6 nitrogen and oxygen atoms in total. The SMILES string of the molecule is N#Cc1c(NC[C@H]2C[C@@H](O)CN2Cc2ccccc2)nc2ccccn12. The summed E-state index contributed by atoms with van der Waals surface area (Å²) in [4.78, 5) is 6.81. The number of rotatable bonds is 5. The largest absolute Gasteiger partial charge is 0.392 e. The Morgan fingerprint density at radius 2 is 2.00 bits per heavy atom. The standard InChI is InChI=1S/C20H21N5O/c21-11-18-20(23-19-8-4-5-9-25(18)19)22-12-16-10-17(26)14-24(16)13-15-6-2-1-3-7-15/h1-9,16-17,22,26H,10,12-14H2/t16-,17-/m1/s1. The zero-order chi connectivity index (χ0) is 17.9. The zero-order valence-corrected chi connectivity index (χ0v) is 14.4. The average molecular weight is 347 g/mol. The van der Waals surface area contributed by atoms with E-state index in [1.165, 1.54) is 5.56 Å². The summed E-state index contributed by atoms with van der Waals surface area (Å²) >= 11 is 0. The van der Waals surface area contributed by atoms with Gasteiger partial charge < -0.3 is 10.4 Å². The number of β-amino-alcohol motifs (C(OH)–C–C–N with tert-alkyl or cyclic N) is 1. The molecular formula is C20H21N5O. The maximum Gasteiger partial charge on any atom is 0.168 e. The van der Waals surface area contributed by atoms with Crippen molar-refractivity contribution in [3.05, 3.63) is 66.0 Å². The van der Waals surface area contributed by atoms with Gasteiger partial charge in [-0.25, -0.2) is 4.98 Å². The number of fused-ring (bicyclic) bond motifs is 1. The monoisotopic (exact) mass is 347 g/mol. The number of aromatic nitrogens is 2. The number of aliphatic hydroxyl groups excluding tert-OH is 1. The highest BCUT2D eigenvalue weighted by atomic mass is 16.3. The minimum atomic E-state index is -0.318. The van der Waals surface area contributed by atoms with Gasteiger partial charge in [0.1, 0.15) is 11.7 Å². The highest BCUT2D eigenvalue weighted by molar-refractivity contribution is 5.58. The number of likely N-dealkylation sites (tertiary alicyclic amines) is 1. The van der Waals surface area contributed by atoms with Crippen molar-refractivity contribution in [2.24, 2.45) is 0 Å². The van der Waals surface area contributed by atoms with Crippen molar-refractivity contribution in [2.75, 3.05) is 18.4 Å². The zero-order valence-electron chi connectivity index (χ0n) is 14.4. The lowest BCUT2D eigenvalue weighted by Crippen LogP contribution is -2.34. The fourth-order valence-corrected chi connectivity index (χ4v) is 3.62. The Hall–Kier alpha value is -2.88. The van der Waals surface area contributed by atoms with Crippen LogP contribution in [-0.4, -0.2) is 44.6 Å². The molecule has 1 aliphatic heterocycles. The lowest BCUT2D eigenvalue weighted by atomic mass is 10.1. The number of hydrogen-bond acceptors (Lipinski definition) is 5. The topological polar surface area (TPSA) is 76.6 Å². The summed E-state index contributed by atoms with van der Waals surface area (Å²) in [5, 5.41) is 22.9. The van der Waals surface area contributed by atoms with Gasteiger partial charge in [0, 0.05) is 31.9 Å². The summed E-state index contributed by atoms with van der Waals surface area (Å²) < 4.78 is 1.79. The molecule has 0 saturated carbocycles. The lowest BCUT2D eigenvalue weighted by Gasteiger charge is -2.24. The molecule has 1 aromatic carbocycles. The number of anilines is 1. The van der Waals surface area contributed by atoms with Crippen LogP contribution in [0.4, 0.5) is 5.82 Å². The summed E-state index contributed by atoms with van der Waals surface area (Å²) in [5.74, 6) is 0.597. The quantitative estimate of drug-likeness (QED) is 0.740. The third-order valence-electron chi connectivity index (χ3n) is 4.88. The van der Waals surface area contributed by atoms with Gasteiger partial charge in [0.05, 0.1) is 6.10 Å². The van der Waals surface area contributed by atoms with Crippen LogP contribution in [0.5, 0.6) is 0 Å². The van der Waals surface area contributed by atoms with Crippen LogP contribution in [-0.2, 0) is 6.54 Å². The van der Waals surface area contributed by atoms with Crippen LogP contribution in [0.3, 0.4) is 0 Å². The van der Waals surface area contributed by atoms with Crippen molar-refractivity contribution in [1.82, 2.24) is 14.3 Å². The first-order chi connectivity index (χ1) is 12.7. The van der Waals surface area contributed by atoms with Gasteiger partial charge in [0.25, 0.3) is 0 Å². The normalized spacial score (nSPS) is 20.3. The molecule has 1 aliphatic rings. The molecule has 2 N–H and O–H groups in total. The first-order valence-corrected chi connectivity index (χ1v) is 8.81. The highest BCUT2D eigenvalue weighted by Crippen LogP contribution is 2.22. The molecule has 6 heteroatoms. The van der Waals surface area contributed by atoms with E-state index < -0.39 is 0 Å².